The highest BCUT2D eigenvalue weighted by molar-refractivity contribution is 5.79. The number of nitrogens with zero attached hydrogens (tertiary/aromatic N) is 1. The molecule has 1 aromatic carbocycles. The summed E-state index contributed by atoms with van der Waals surface area (Å²) >= 11 is 0. The molecule has 1 aliphatic rings. The summed E-state index contributed by atoms with van der Waals surface area (Å²) in [7, 11) is 0. The van der Waals surface area contributed by atoms with E-state index in [1.54, 1.807) is 0 Å². The number of rotatable bonds is 4. The lowest BCUT2D eigenvalue weighted by Gasteiger charge is -2.37. The largest absolute Gasteiger partial charge is 0.352 e. The van der Waals surface area contributed by atoms with Gasteiger partial charge in [-0.15, -0.1) is 0 Å². The minimum atomic E-state index is -0.619. The lowest BCUT2D eigenvalue weighted by molar-refractivity contribution is -0.133. The number of hydrogen-bond donors (Lipinski definition) is 3. The molecule has 1 saturated heterocycles. The van der Waals surface area contributed by atoms with E-state index >= 15 is 0 Å². The van der Waals surface area contributed by atoms with Crippen LogP contribution in [0.4, 0.5) is 4.79 Å². The molecule has 126 valence electrons. The molecule has 0 radical (unpaired) electrons. The standard InChI is InChI=1S/C17H26N4O2/c1-11-5-4-6-14(7-11)15(20-17(18)23)8-16(22)21-9-12(2)19-13(3)10-21/h4-7,12-13,15,19H,8-10H2,1-3H3,(H3,18,20,23). The first-order valence-corrected chi connectivity index (χ1v) is 8.01. The Morgan fingerprint density at radius 1 is 1.35 bits per heavy atom. The second-order valence-corrected chi connectivity index (χ2v) is 6.45. The van der Waals surface area contributed by atoms with Gasteiger partial charge in [0, 0.05) is 25.2 Å². The van der Waals surface area contributed by atoms with E-state index in [4.69, 9.17) is 5.73 Å². The van der Waals surface area contributed by atoms with Crippen molar-refractivity contribution in [3.63, 3.8) is 0 Å². The van der Waals surface area contributed by atoms with Crippen molar-refractivity contribution < 1.29 is 9.59 Å². The molecule has 1 aromatic rings. The van der Waals surface area contributed by atoms with Gasteiger partial charge >= 0.3 is 6.03 Å². The lowest BCUT2D eigenvalue weighted by atomic mass is 10.0. The van der Waals surface area contributed by atoms with Crippen molar-refractivity contribution in [2.45, 2.75) is 45.3 Å². The summed E-state index contributed by atoms with van der Waals surface area (Å²) in [6, 6.07) is 7.28. The predicted octanol–water partition coefficient (Wildman–Crippen LogP) is 1.30. The van der Waals surface area contributed by atoms with Crippen molar-refractivity contribution in [2.75, 3.05) is 13.1 Å². The van der Waals surface area contributed by atoms with Crippen LogP contribution in [0.3, 0.4) is 0 Å². The highest BCUT2D eigenvalue weighted by Crippen LogP contribution is 2.20. The number of aryl methyl sites for hydroxylation is 1. The Bertz CT molecular complexity index is 565. The van der Waals surface area contributed by atoms with Crippen molar-refractivity contribution in [3.05, 3.63) is 35.4 Å². The molecule has 4 N–H and O–H groups in total. The van der Waals surface area contributed by atoms with Crippen LogP contribution in [0.2, 0.25) is 0 Å². The highest BCUT2D eigenvalue weighted by Gasteiger charge is 2.27. The van der Waals surface area contributed by atoms with Gasteiger partial charge in [-0.1, -0.05) is 29.8 Å². The molecule has 6 heteroatoms. The van der Waals surface area contributed by atoms with E-state index in [2.05, 4.69) is 24.5 Å². The quantitative estimate of drug-likeness (QED) is 0.782. The van der Waals surface area contributed by atoms with Crippen molar-refractivity contribution in [3.8, 4) is 0 Å². The summed E-state index contributed by atoms with van der Waals surface area (Å²) < 4.78 is 0. The summed E-state index contributed by atoms with van der Waals surface area (Å²) in [4.78, 5) is 25.8. The molecular weight excluding hydrogens is 292 g/mol. The molecule has 1 heterocycles. The highest BCUT2D eigenvalue weighted by atomic mass is 16.2. The summed E-state index contributed by atoms with van der Waals surface area (Å²) in [5.74, 6) is 0.0328. The van der Waals surface area contributed by atoms with Crippen molar-refractivity contribution in [1.29, 1.82) is 0 Å². The SMILES string of the molecule is Cc1cccc(C(CC(=O)N2CC(C)NC(C)C2)NC(N)=O)c1. The molecule has 3 amide bonds. The number of nitrogens with one attached hydrogen (secondary N) is 2. The van der Waals surface area contributed by atoms with Gasteiger partial charge in [-0.05, 0) is 26.3 Å². The van der Waals surface area contributed by atoms with Crippen molar-refractivity contribution in [1.82, 2.24) is 15.5 Å². The number of hydrogen-bond acceptors (Lipinski definition) is 3. The monoisotopic (exact) mass is 318 g/mol. The second kappa shape index (κ2) is 7.46. The van der Waals surface area contributed by atoms with Crippen LogP contribution in [0.25, 0.3) is 0 Å². The lowest BCUT2D eigenvalue weighted by Crippen LogP contribution is -2.56. The average molecular weight is 318 g/mol. The van der Waals surface area contributed by atoms with Crippen LogP contribution in [0, 0.1) is 6.92 Å². The number of nitrogens with two attached hydrogens (primary N) is 1. The topological polar surface area (TPSA) is 87.5 Å². The Morgan fingerprint density at radius 2 is 2.00 bits per heavy atom. The molecule has 3 atom stereocenters. The van der Waals surface area contributed by atoms with Gasteiger partial charge in [0.15, 0.2) is 0 Å². The predicted molar refractivity (Wildman–Crippen MR) is 89.9 cm³/mol. The fourth-order valence-electron chi connectivity index (χ4n) is 3.14. The molecular formula is C17H26N4O2. The summed E-state index contributed by atoms with van der Waals surface area (Å²) in [5, 5.41) is 6.10. The fourth-order valence-corrected chi connectivity index (χ4v) is 3.14. The van der Waals surface area contributed by atoms with Crippen LogP contribution >= 0.6 is 0 Å². The van der Waals surface area contributed by atoms with Gasteiger partial charge < -0.3 is 21.3 Å². The third-order valence-electron chi connectivity index (χ3n) is 4.05. The second-order valence-electron chi connectivity index (χ2n) is 6.45. The number of benzene rings is 1. The summed E-state index contributed by atoms with van der Waals surface area (Å²) in [6.07, 6.45) is 0.214. The molecule has 6 nitrogen and oxygen atoms in total. The number of amides is 3. The van der Waals surface area contributed by atoms with Crippen LogP contribution in [-0.4, -0.2) is 42.0 Å². The normalized spacial score (nSPS) is 22.5. The Labute approximate surface area is 137 Å². The molecule has 0 aromatic heterocycles. The first kappa shape index (κ1) is 17.3. The van der Waals surface area contributed by atoms with Gasteiger partial charge in [-0.3, -0.25) is 4.79 Å². The first-order valence-electron chi connectivity index (χ1n) is 8.01. The molecule has 1 fully saturated rings. The minimum Gasteiger partial charge on any atom is -0.352 e. The Morgan fingerprint density at radius 3 is 2.57 bits per heavy atom. The van der Waals surface area contributed by atoms with Crippen LogP contribution < -0.4 is 16.4 Å². The summed E-state index contributed by atoms with van der Waals surface area (Å²) in [6.45, 7) is 7.47. The zero-order valence-corrected chi connectivity index (χ0v) is 14.0. The zero-order valence-electron chi connectivity index (χ0n) is 14.0. The molecule has 0 aliphatic carbocycles. The number of urea groups is 1. The Hall–Kier alpha value is -2.08. The van der Waals surface area contributed by atoms with E-state index in [9.17, 15) is 9.59 Å². The van der Waals surface area contributed by atoms with E-state index in [-0.39, 0.29) is 24.4 Å². The number of piperazine rings is 1. The van der Waals surface area contributed by atoms with Crippen LogP contribution in [0.5, 0.6) is 0 Å². The van der Waals surface area contributed by atoms with Crippen LogP contribution in [0.15, 0.2) is 24.3 Å². The van der Waals surface area contributed by atoms with Gasteiger partial charge in [0.2, 0.25) is 5.91 Å². The number of carbonyl (C=O) groups excluding carboxylic acids is 2. The van der Waals surface area contributed by atoms with Gasteiger partial charge in [0.1, 0.15) is 0 Å². The van der Waals surface area contributed by atoms with Gasteiger partial charge in [0.25, 0.3) is 0 Å². The van der Waals surface area contributed by atoms with Gasteiger partial charge in [-0.2, -0.15) is 0 Å². The number of carbonyl (C=O) groups is 2. The summed E-state index contributed by atoms with van der Waals surface area (Å²) in [5.41, 5.74) is 7.26. The Balaban J connectivity index is 2.11. The van der Waals surface area contributed by atoms with E-state index in [1.165, 1.54) is 0 Å². The molecule has 0 bridgehead atoms. The number of primary amides is 1. The molecule has 0 saturated carbocycles. The molecule has 1 aliphatic heterocycles. The zero-order chi connectivity index (χ0) is 17.0. The minimum absolute atomic E-state index is 0.0328. The smallest absolute Gasteiger partial charge is 0.312 e. The van der Waals surface area contributed by atoms with Crippen molar-refractivity contribution in [2.24, 2.45) is 5.73 Å². The Kier molecular flexibility index (Phi) is 5.60. The molecule has 2 rings (SSSR count). The molecule has 23 heavy (non-hydrogen) atoms. The van der Waals surface area contributed by atoms with Crippen molar-refractivity contribution >= 4 is 11.9 Å². The molecule has 3 unspecified atom stereocenters. The van der Waals surface area contributed by atoms with E-state index in [0.717, 1.165) is 11.1 Å². The van der Waals surface area contributed by atoms with Gasteiger partial charge in [0.05, 0.1) is 12.5 Å². The average Bonchev–Trinajstić information content (AvgIpc) is 2.45. The third-order valence-corrected chi connectivity index (χ3v) is 4.05. The maximum absolute atomic E-state index is 12.6. The van der Waals surface area contributed by atoms with Crippen LogP contribution in [0.1, 0.15) is 37.4 Å². The first-order chi connectivity index (χ1) is 10.8. The third kappa shape index (κ3) is 4.96. The fraction of sp³-hybridized carbons (Fsp3) is 0.529. The molecule has 0 spiro atoms. The van der Waals surface area contributed by atoms with E-state index < -0.39 is 12.1 Å². The maximum Gasteiger partial charge on any atom is 0.312 e. The van der Waals surface area contributed by atoms with E-state index in [1.807, 2.05) is 36.1 Å². The van der Waals surface area contributed by atoms with Gasteiger partial charge in [-0.25, -0.2) is 4.79 Å². The van der Waals surface area contributed by atoms with E-state index in [0.29, 0.717) is 13.1 Å². The maximum atomic E-state index is 12.6. The van der Waals surface area contributed by atoms with Crippen LogP contribution in [-0.2, 0) is 4.79 Å².